The summed E-state index contributed by atoms with van der Waals surface area (Å²) in [7, 11) is -2.94. The third kappa shape index (κ3) is 2.57. The number of rotatable bonds is 3. The first kappa shape index (κ1) is 16.0. The highest BCUT2D eigenvalue weighted by molar-refractivity contribution is 7.89. The van der Waals surface area contributed by atoms with Crippen molar-refractivity contribution in [2.24, 2.45) is 0 Å². The molecule has 1 saturated heterocycles. The summed E-state index contributed by atoms with van der Waals surface area (Å²) in [5.74, 6) is -0.620. The number of methoxy groups -OCH3 is 1. The van der Waals surface area contributed by atoms with Crippen LogP contribution in [0.15, 0.2) is 9.31 Å². The van der Waals surface area contributed by atoms with Crippen LogP contribution in [0.5, 0.6) is 0 Å². The smallest absolute Gasteiger partial charge is 0.342 e. The van der Waals surface area contributed by atoms with Gasteiger partial charge in [-0.25, -0.2) is 13.2 Å². The number of carbonyl (C=O) groups excluding carboxylic acids is 1. The van der Waals surface area contributed by atoms with Gasteiger partial charge >= 0.3 is 5.97 Å². The Kier molecular flexibility index (Phi) is 4.11. The molecule has 0 saturated carbocycles. The summed E-state index contributed by atoms with van der Waals surface area (Å²) in [5.41, 5.74) is -0.161. The van der Waals surface area contributed by atoms with Crippen molar-refractivity contribution < 1.29 is 32.6 Å². The van der Waals surface area contributed by atoms with Crippen LogP contribution in [0.4, 0.5) is 0 Å². The Bertz CT molecular complexity index is 653. The Labute approximate surface area is 122 Å². The van der Waals surface area contributed by atoms with Crippen molar-refractivity contribution in [3.05, 3.63) is 17.1 Å². The number of carbonyl (C=O) groups is 1. The average Bonchev–Trinajstić information content (AvgIpc) is 2.89. The zero-order chi connectivity index (χ0) is 15.9. The van der Waals surface area contributed by atoms with Crippen LogP contribution >= 0.6 is 0 Å². The van der Waals surface area contributed by atoms with E-state index in [1.165, 1.54) is 13.8 Å². The van der Waals surface area contributed by atoms with Crippen LogP contribution in [0.2, 0.25) is 0 Å². The monoisotopic (exact) mass is 319 g/mol. The van der Waals surface area contributed by atoms with Crippen LogP contribution in [0.1, 0.15) is 21.9 Å². The highest BCUT2D eigenvalue weighted by atomic mass is 32.2. The van der Waals surface area contributed by atoms with Gasteiger partial charge in [0.05, 0.1) is 19.3 Å². The van der Waals surface area contributed by atoms with Gasteiger partial charge in [-0.15, -0.1) is 0 Å². The van der Waals surface area contributed by atoms with Crippen LogP contribution in [0.3, 0.4) is 0 Å². The number of nitrogens with zero attached hydrogens (tertiary/aromatic N) is 1. The molecule has 1 aromatic heterocycles. The Morgan fingerprint density at radius 2 is 1.76 bits per heavy atom. The molecule has 0 amide bonds. The van der Waals surface area contributed by atoms with Crippen molar-refractivity contribution in [2.45, 2.75) is 31.0 Å². The van der Waals surface area contributed by atoms with E-state index in [2.05, 4.69) is 4.74 Å². The molecule has 0 radical (unpaired) electrons. The maximum atomic E-state index is 12.6. The van der Waals surface area contributed by atoms with Crippen LogP contribution in [0.25, 0.3) is 0 Å². The number of esters is 1. The molecular formula is C12H17NO7S. The van der Waals surface area contributed by atoms with E-state index in [0.717, 1.165) is 11.4 Å². The van der Waals surface area contributed by atoms with Crippen molar-refractivity contribution in [1.82, 2.24) is 4.31 Å². The van der Waals surface area contributed by atoms with Crippen LogP contribution < -0.4 is 0 Å². The Morgan fingerprint density at radius 3 is 2.24 bits per heavy atom. The molecule has 0 spiro atoms. The normalized spacial score (nSPS) is 23.5. The lowest BCUT2D eigenvalue weighted by Crippen LogP contribution is -2.31. The lowest BCUT2D eigenvalue weighted by molar-refractivity contribution is 0.0572. The third-order valence-corrected chi connectivity index (χ3v) is 5.40. The van der Waals surface area contributed by atoms with E-state index in [0.29, 0.717) is 0 Å². The minimum absolute atomic E-state index is 0.0591. The SMILES string of the molecule is COC(=O)c1c(C)oc(C)c1S(=O)(=O)N1C[C@@H](O)[C@@H](O)C1. The number of hydrogen-bond donors (Lipinski definition) is 2. The second-order valence-corrected chi connectivity index (χ2v) is 6.74. The summed E-state index contributed by atoms with van der Waals surface area (Å²) >= 11 is 0. The lowest BCUT2D eigenvalue weighted by Gasteiger charge is -2.15. The predicted molar refractivity (Wildman–Crippen MR) is 70.3 cm³/mol. The van der Waals surface area contributed by atoms with Gasteiger partial charge in [-0.2, -0.15) is 4.31 Å². The number of aliphatic hydroxyl groups excluding tert-OH is 2. The summed E-state index contributed by atoms with van der Waals surface area (Å²) < 4.78 is 36.0. The standard InChI is InChI=1S/C12H17NO7S/c1-6-10(12(16)19-3)11(7(2)20-6)21(17,18)13-4-8(14)9(15)5-13/h8-9,14-15H,4-5H2,1-3H3/t8-,9+. The molecule has 2 rings (SSSR count). The molecule has 8 nitrogen and oxygen atoms in total. The van der Waals surface area contributed by atoms with E-state index >= 15 is 0 Å². The zero-order valence-corrected chi connectivity index (χ0v) is 12.7. The minimum Gasteiger partial charge on any atom is -0.465 e. The van der Waals surface area contributed by atoms with Gasteiger partial charge in [-0.05, 0) is 13.8 Å². The maximum absolute atomic E-state index is 12.6. The second kappa shape index (κ2) is 5.41. The van der Waals surface area contributed by atoms with Crippen molar-refractivity contribution in [2.75, 3.05) is 20.2 Å². The van der Waals surface area contributed by atoms with Gasteiger partial charge in [0.15, 0.2) is 0 Å². The summed E-state index contributed by atoms with van der Waals surface area (Å²) in [6.45, 7) is 2.41. The summed E-state index contributed by atoms with van der Waals surface area (Å²) in [6.07, 6.45) is -2.32. The fraction of sp³-hybridized carbons (Fsp3) is 0.583. The highest BCUT2D eigenvalue weighted by Gasteiger charge is 2.41. The predicted octanol–water partition coefficient (Wildman–Crippen LogP) is -0.591. The van der Waals surface area contributed by atoms with Crippen molar-refractivity contribution in [3.8, 4) is 0 Å². The molecule has 2 N–H and O–H groups in total. The number of hydrogen-bond acceptors (Lipinski definition) is 7. The minimum atomic E-state index is -4.08. The maximum Gasteiger partial charge on any atom is 0.342 e. The molecule has 1 aliphatic heterocycles. The van der Waals surface area contributed by atoms with Crippen LogP contribution in [-0.2, 0) is 14.8 Å². The Hall–Kier alpha value is -1.42. The fourth-order valence-corrected chi connectivity index (χ4v) is 4.22. The van der Waals surface area contributed by atoms with Crippen LogP contribution in [0, 0.1) is 13.8 Å². The van der Waals surface area contributed by atoms with Crippen molar-refractivity contribution >= 4 is 16.0 Å². The molecule has 0 aromatic carbocycles. The number of β-amino-alcohol motifs (C(OH)–C–C–N with tert-alkyl or cyclic N) is 2. The van der Waals surface area contributed by atoms with Gasteiger partial charge in [-0.3, -0.25) is 0 Å². The number of sulfonamides is 1. The van der Waals surface area contributed by atoms with Gasteiger partial charge in [0.2, 0.25) is 10.0 Å². The first-order valence-electron chi connectivity index (χ1n) is 6.24. The molecule has 1 fully saturated rings. The first-order chi connectivity index (χ1) is 9.70. The Balaban J connectivity index is 2.53. The number of ether oxygens (including phenoxy) is 1. The van der Waals surface area contributed by atoms with E-state index in [1.807, 2.05) is 0 Å². The average molecular weight is 319 g/mol. The summed E-state index contributed by atoms with van der Waals surface area (Å²) in [5, 5.41) is 19.0. The molecule has 9 heteroatoms. The summed E-state index contributed by atoms with van der Waals surface area (Å²) in [6, 6.07) is 0. The number of aryl methyl sites for hydroxylation is 2. The molecule has 118 valence electrons. The van der Waals surface area contributed by atoms with Crippen molar-refractivity contribution in [1.29, 1.82) is 0 Å². The molecule has 21 heavy (non-hydrogen) atoms. The largest absolute Gasteiger partial charge is 0.465 e. The fourth-order valence-electron chi connectivity index (χ4n) is 2.37. The van der Waals surface area contributed by atoms with E-state index in [9.17, 15) is 23.4 Å². The molecule has 2 heterocycles. The summed E-state index contributed by atoms with van der Waals surface area (Å²) in [4.78, 5) is 11.5. The number of aliphatic hydroxyl groups is 2. The van der Waals surface area contributed by atoms with E-state index < -0.39 is 28.2 Å². The van der Waals surface area contributed by atoms with E-state index in [1.54, 1.807) is 0 Å². The van der Waals surface area contributed by atoms with Gasteiger partial charge < -0.3 is 19.4 Å². The van der Waals surface area contributed by atoms with Gasteiger partial charge in [0, 0.05) is 13.1 Å². The number of furan rings is 1. The van der Waals surface area contributed by atoms with E-state index in [4.69, 9.17) is 4.42 Å². The molecule has 0 bridgehead atoms. The highest BCUT2D eigenvalue weighted by Crippen LogP contribution is 2.31. The van der Waals surface area contributed by atoms with Crippen molar-refractivity contribution in [3.63, 3.8) is 0 Å². The first-order valence-corrected chi connectivity index (χ1v) is 7.68. The Morgan fingerprint density at radius 1 is 1.24 bits per heavy atom. The second-order valence-electron chi connectivity index (χ2n) is 4.87. The van der Waals surface area contributed by atoms with Crippen LogP contribution in [-0.4, -0.2) is 61.3 Å². The third-order valence-electron chi connectivity index (χ3n) is 3.42. The molecular weight excluding hydrogens is 302 g/mol. The lowest BCUT2D eigenvalue weighted by atomic mass is 10.2. The zero-order valence-electron chi connectivity index (χ0n) is 11.9. The van der Waals surface area contributed by atoms with Gasteiger partial charge in [0.1, 0.15) is 22.0 Å². The van der Waals surface area contributed by atoms with Gasteiger partial charge in [-0.1, -0.05) is 0 Å². The van der Waals surface area contributed by atoms with E-state index in [-0.39, 0.29) is 35.1 Å². The topological polar surface area (TPSA) is 117 Å². The van der Waals surface area contributed by atoms with Gasteiger partial charge in [0.25, 0.3) is 0 Å². The molecule has 2 atom stereocenters. The molecule has 0 unspecified atom stereocenters. The molecule has 1 aromatic rings. The molecule has 0 aliphatic carbocycles. The quantitative estimate of drug-likeness (QED) is 0.715. The molecule has 1 aliphatic rings.